The van der Waals surface area contributed by atoms with Gasteiger partial charge in [0, 0.05) is 25.7 Å². The second kappa shape index (κ2) is 8.89. The van der Waals surface area contributed by atoms with E-state index in [4.69, 9.17) is 27.9 Å². The van der Waals surface area contributed by atoms with E-state index in [0.29, 0.717) is 20.4 Å². The SMILES string of the molecule is CC1CN(S(=O)(=O)c2ccc(C(=O)N=c3sc4c(Cl)ccc(Cl)c4n3C)cc2)CC(C)O1. The number of rotatable bonds is 3. The van der Waals surface area contributed by atoms with E-state index in [1.54, 1.807) is 23.7 Å². The van der Waals surface area contributed by atoms with Crippen molar-refractivity contribution in [2.45, 2.75) is 31.0 Å². The number of amides is 1. The number of sulfonamides is 1. The molecule has 1 aliphatic rings. The van der Waals surface area contributed by atoms with Gasteiger partial charge in [-0.1, -0.05) is 34.5 Å². The number of aryl methyl sites for hydroxylation is 1. The quantitative estimate of drug-likeness (QED) is 0.528. The molecule has 3 aromatic rings. The molecule has 2 heterocycles. The molecule has 4 rings (SSSR count). The predicted molar refractivity (Wildman–Crippen MR) is 126 cm³/mol. The van der Waals surface area contributed by atoms with E-state index in [2.05, 4.69) is 4.99 Å². The van der Waals surface area contributed by atoms with Gasteiger partial charge < -0.3 is 9.30 Å². The van der Waals surface area contributed by atoms with Gasteiger partial charge in [0.05, 0.1) is 37.4 Å². The molecule has 1 aromatic heterocycles. The molecule has 32 heavy (non-hydrogen) atoms. The first kappa shape index (κ1) is 23.4. The minimum atomic E-state index is -3.68. The summed E-state index contributed by atoms with van der Waals surface area (Å²) in [4.78, 5) is 17.5. The molecule has 0 bridgehead atoms. The summed E-state index contributed by atoms with van der Waals surface area (Å²) in [5.74, 6) is -0.489. The molecule has 11 heteroatoms. The molecule has 2 aromatic carbocycles. The lowest BCUT2D eigenvalue weighted by Gasteiger charge is -2.34. The molecule has 0 N–H and O–H groups in total. The monoisotopic (exact) mass is 513 g/mol. The van der Waals surface area contributed by atoms with Crippen LogP contribution in [0.5, 0.6) is 0 Å². The van der Waals surface area contributed by atoms with Crippen molar-refractivity contribution in [1.29, 1.82) is 0 Å². The second-order valence-electron chi connectivity index (χ2n) is 7.67. The number of carbonyl (C=O) groups excluding carboxylic acids is 1. The van der Waals surface area contributed by atoms with Crippen LogP contribution in [0.4, 0.5) is 0 Å². The maximum absolute atomic E-state index is 13.0. The molecule has 0 radical (unpaired) electrons. The highest BCUT2D eigenvalue weighted by Crippen LogP contribution is 2.31. The Labute approximate surface area is 199 Å². The van der Waals surface area contributed by atoms with E-state index in [0.717, 1.165) is 4.70 Å². The Morgan fingerprint density at radius 2 is 1.66 bits per heavy atom. The largest absolute Gasteiger partial charge is 0.373 e. The smallest absolute Gasteiger partial charge is 0.279 e. The van der Waals surface area contributed by atoms with E-state index in [1.165, 1.54) is 39.9 Å². The van der Waals surface area contributed by atoms with E-state index >= 15 is 0 Å². The molecule has 1 amide bonds. The van der Waals surface area contributed by atoms with Crippen LogP contribution >= 0.6 is 34.5 Å². The number of hydrogen-bond acceptors (Lipinski definition) is 5. The fraction of sp³-hybridized carbons (Fsp3) is 0.333. The van der Waals surface area contributed by atoms with Crippen molar-refractivity contribution in [1.82, 2.24) is 8.87 Å². The van der Waals surface area contributed by atoms with Crippen LogP contribution in [0.3, 0.4) is 0 Å². The van der Waals surface area contributed by atoms with Crippen molar-refractivity contribution in [2.75, 3.05) is 13.1 Å². The molecule has 2 unspecified atom stereocenters. The van der Waals surface area contributed by atoms with Crippen LogP contribution in [-0.4, -0.2) is 48.5 Å². The Bertz CT molecular complexity index is 1350. The van der Waals surface area contributed by atoms with Gasteiger partial charge in [-0.2, -0.15) is 9.30 Å². The topological polar surface area (TPSA) is 81.0 Å². The Hall–Kier alpha value is -1.75. The van der Waals surface area contributed by atoms with Crippen LogP contribution in [-0.2, 0) is 21.8 Å². The van der Waals surface area contributed by atoms with Gasteiger partial charge in [0.2, 0.25) is 10.0 Å². The summed E-state index contributed by atoms with van der Waals surface area (Å²) in [7, 11) is -1.93. The molecule has 170 valence electrons. The minimum absolute atomic E-state index is 0.126. The van der Waals surface area contributed by atoms with Gasteiger partial charge in [0.15, 0.2) is 4.80 Å². The third kappa shape index (κ3) is 4.37. The standard InChI is InChI=1S/C21H21Cl2N3O4S2/c1-12-10-26(11-13(2)30-12)32(28,29)15-6-4-14(5-7-15)20(27)24-21-25(3)18-16(22)8-9-17(23)19(18)31-21/h4-9,12-13H,10-11H2,1-3H3. The summed E-state index contributed by atoms with van der Waals surface area (Å²) < 4.78 is 35.5. The number of carbonyl (C=O) groups is 1. The van der Waals surface area contributed by atoms with Gasteiger partial charge in [0.25, 0.3) is 5.91 Å². The average Bonchev–Trinajstić information content (AvgIpc) is 3.07. The number of hydrogen-bond donors (Lipinski definition) is 0. The third-order valence-electron chi connectivity index (χ3n) is 5.17. The number of ether oxygens (including phenoxy) is 1. The molecule has 0 saturated carbocycles. The predicted octanol–water partition coefficient (Wildman–Crippen LogP) is 4.09. The van der Waals surface area contributed by atoms with Gasteiger partial charge in [-0.25, -0.2) is 8.42 Å². The molecular formula is C21H21Cl2N3O4S2. The average molecular weight is 514 g/mol. The van der Waals surface area contributed by atoms with Crippen LogP contribution in [0.2, 0.25) is 10.0 Å². The molecule has 2 atom stereocenters. The third-order valence-corrected chi connectivity index (χ3v) is 8.92. The van der Waals surface area contributed by atoms with Gasteiger partial charge in [-0.05, 0) is 50.2 Å². The van der Waals surface area contributed by atoms with Crippen molar-refractivity contribution in [2.24, 2.45) is 12.0 Å². The Balaban J connectivity index is 1.63. The Morgan fingerprint density at radius 3 is 2.25 bits per heavy atom. The van der Waals surface area contributed by atoms with E-state index in [1.807, 2.05) is 13.8 Å². The van der Waals surface area contributed by atoms with Gasteiger partial charge in [0.1, 0.15) is 0 Å². The van der Waals surface area contributed by atoms with Crippen molar-refractivity contribution < 1.29 is 17.9 Å². The lowest BCUT2D eigenvalue weighted by atomic mass is 10.2. The first-order chi connectivity index (χ1) is 15.1. The van der Waals surface area contributed by atoms with Gasteiger partial charge in [-0.3, -0.25) is 4.79 Å². The van der Waals surface area contributed by atoms with Crippen molar-refractivity contribution in [3.8, 4) is 0 Å². The first-order valence-corrected chi connectivity index (χ1v) is 12.9. The van der Waals surface area contributed by atoms with Crippen LogP contribution in [0.25, 0.3) is 10.2 Å². The fourth-order valence-electron chi connectivity index (χ4n) is 3.68. The summed E-state index contributed by atoms with van der Waals surface area (Å²) in [5, 5.41) is 1.04. The highest BCUT2D eigenvalue weighted by molar-refractivity contribution is 7.89. The first-order valence-electron chi connectivity index (χ1n) is 9.86. The molecule has 1 aliphatic heterocycles. The number of fused-ring (bicyclic) bond motifs is 1. The minimum Gasteiger partial charge on any atom is -0.373 e. The number of benzene rings is 2. The summed E-state index contributed by atoms with van der Waals surface area (Å²) in [5.41, 5.74) is 0.980. The molecule has 0 spiro atoms. The number of aromatic nitrogens is 1. The van der Waals surface area contributed by atoms with Crippen molar-refractivity contribution in [3.05, 3.63) is 56.8 Å². The van der Waals surface area contributed by atoms with Crippen LogP contribution < -0.4 is 4.80 Å². The molecule has 7 nitrogen and oxygen atoms in total. The highest BCUT2D eigenvalue weighted by Gasteiger charge is 2.32. The van der Waals surface area contributed by atoms with Gasteiger partial charge >= 0.3 is 0 Å². The highest BCUT2D eigenvalue weighted by atomic mass is 35.5. The Kier molecular flexibility index (Phi) is 6.50. The lowest BCUT2D eigenvalue weighted by molar-refractivity contribution is -0.0440. The number of thiazole rings is 1. The Morgan fingerprint density at radius 1 is 1.06 bits per heavy atom. The number of nitrogens with zero attached hydrogens (tertiary/aromatic N) is 3. The number of morpholine rings is 1. The molecule has 1 fully saturated rings. The normalized spacial score (nSPS) is 20.7. The molecular weight excluding hydrogens is 493 g/mol. The second-order valence-corrected chi connectivity index (χ2v) is 11.4. The zero-order chi connectivity index (χ0) is 23.2. The summed E-state index contributed by atoms with van der Waals surface area (Å²) >= 11 is 13.8. The maximum atomic E-state index is 13.0. The van der Waals surface area contributed by atoms with Crippen molar-refractivity contribution in [3.63, 3.8) is 0 Å². The van der Waals surface area contributed by atoms with Crippen LogP contribution in [0.15, 0.2) is 46.3 Å². The molecule has 0 aliphatic carbocycles. The zero-order valence-corrected chi connectivity index (χ0v) is 20.7. The summed E-state index contributed by atoms with van der Waals surface area (Å²) in [6.07, 6.45) is -0.366. The zero-order valence-electron chi connectivity index (χ0n) is 17.6. The van der Waals surface area contributed by atoms with Crippen LogP contribution in [0, 0.1) is 0 Å². The van der Waals surface area contributed by atoms with Crippen LogP contribution in [0.1, 0.15) is 24.2 Å². The van der Waals surface area contributed by atoms with E-state index in [9.17, 15) is 13.2 Å². The van der Waals surface area contributed by atoms with Gasteiger partial charge in [-0.15, -0.1) is 0 Å². The lowest BCUT2D eigenvalue weighted by Crippen LogP contribution is -2.48. The molecule has 1 saturated heterocycles. The van der Waals surface area contributed by atoms with Crippen molar-refractivity contribution >= 4 is 60.7 Å². The number of halogens is 2. The maximum Gasteiger partial charge on any atom is 0.279 e. The summed E-state index contributed by atoms with van der Waals surface area (Å²) in [6.45, 7) is 4.26. The van der Waals surface area contributed by atoms with E-state index < -0.39 is 15.9 Å². The van der Waals surface area contributed by atoms with E-state index in [-0.39, 0.29) is 35.8 Å². The fourth-order valence-corrected chi connectivity index (χ4v) is 6.93. The summed E-state index contributed by atoms with van der Waals surface area (Å²) in [6, 6.07) is 9.20.